The lowest BCUT2D eigenvalue weighted by Gasteiger charge is -2.18. The number of aromatic nitrogens is 1. The molecule has 4 rings (SSSR count). The summed E-state index contributed by atoms with van der Waals surface area (Å²) in [5, 5.41) is 3.07. The summed E-state index contributed by atoms with van der Waals surface area (Å²) in [5.41, 5.74) is 1.59. The molecule has 1 N–H and O–H groups in total. The van der Waals surface area contributed by atoms with Crippen molar-refractivity contribution in [1.29, 1.82) is 0 Å². The van der Waals surface area contributed by atoms with E-state index >= 15 is 0 Å². The second-order valence-corrected chi connectivity index (χ2v) is 10.4. The maximum absolute atomic E-state index is 13.0. The van der Waals surface area contributed by atoms with Gasteiger partial charge in [0, 0.05) is 24.2 Å². The van der Waals surface area contributed by atoms with E-state index in [1.807, 2.05) is 6.07 Å². The van der Waals surface area contributed by atoms with Crippen LogP contribution in [0.3, 0.4) is 0 Å². The summed E-state index contributed by atoms with van der Waals surface area (Å²) in [5.74, 6) is -0.711. The lowest BCUT2D eigenvalue weighted by molar-refractivity contribution is 0.0996. The van der Waals surface area contributed by atoms with Crippen molar-refractivity contribution in [2.24, 2.45) is 0 Å². The van der Waals surface area contributed by atoms with E-state index in [1.165, 1.54) is 21.7 Å². The number of fused-ring (bicyclic) bond motifs is 1. The number of sulfonamides is 1. The Balaban J connectivity index is 1.62. The van der Waals surface area contributed by atoms with Gasteiger partial charge < -0.3 is 0 Å². The Morgan fingerprint density at radius 2 is 1.56 bits per heavy atom. The highest BCUT2D eigenvalue weighted by Gasteiger charge is 2.23. The first-order chi connectivity index (χ1) is 16.3. The molecule has 0 radical (unpaired) electrons. The minimum absolute atomic E-state index is 0.184. The van der Waals surface area contributed by atoms with Gasteiger partial charge in [0.25, 0.3) is 5.91 Å². The quantitative estimate of drug-likeness (QED) is 0.355. The zero-order valence-electron chi connectivity index (χ0n) is 18.7. The third-order valence-electron chi connectivity index (χ3n) is 5.38. The van der Waals surface area contributed by atoms with E-state index in [9.17, 15) is 18.0 Å². The molecule has 0 spiro atoms. The van der Waals surface area contributed by atoms with Crippen molar-refractivity contribution in [2.75, 3.05) is 18.4 Å². The Morgan fingerprint density at radius 3 is 2.24 bits per heavy atom. The summed E-state index contributed by atoms with van der Waals surface area (Å²) in [6.07, 6.45) is 0. The van der Waals surface area contributed by atoms with Crippen LogP contribution in [-0.2, 0) is 10.0 Å². The van der Waals surface area contributed by atoms with Gasteiger partial charge in [0.2, 0.25) is 10.0 Å². The van der Waals surface area contributed by atoms with Crippen LogP contribution in [0.4, 0.5) is 5.13 Å². The van der Waals surface area contributed by atoms with Crippen LogP contribution in [0.1, 0.15) is 40.1 Å². The van der Waals surface area contributed by atoms with Crippen molar-refractivity contribution in [3.8, 4) is 0 Å². The normalized spacial score (nSPS) is 11.6. The Kier molecular flexibility index (Phi) is 6.87. The molecule has 0 saturated heterocycles. The molecule has 0 atom stereocenters. The van der Waals surface area contributed by atoms with Gasteiger partial charge in [-0.15, -0.1) is 0 Å². The van der Waals surface area contributed by atoms with Crippen LogP contribution in [0, 0.1) is 0 Å². The van der Waals surface area contributed by atoms with Crippen molar-refractivity contribution >= 4 is 48.4 Å². The topological polar surface area (TPSA) is 96.4 Å². The number of thiazole rings is 1. The number of nitrogens with one attached hydrogen (secondary N) is 1. The molecule has 0 aliphatic heterocycles. The number of amides is 1. The standard InChI is InChI=1S/C25H23N3O4S2/c1-3-28(4-2)34(31,32)18-14-15-21-22(16-18)33-25(26-21)27-24(30)20-13-9-8-12-19(20)23(29)17-10-6-5-7-11-17/h5-16H,3-4H2,1-2H3,(H,26,27,30). The van der Waals surface area contributed by atoms with Crippen molar-refractivity contribution in [3.05, 3.63) is 89.5 Å². The van der Waals surface area contributed by atoms with Gasteiger partial charge in [0.1, 0.15) is 0 Å². The molecule has 0 bridgehead atoms. The molecule has 4 aromatic rings. The van der Waals surface area contributed by atoms with Crippen LogP contribution in [0.2, 0.25) is 0 Å². The minimum Gasteiger partial charge on any atom is -0.298 e. The fourth-order valence-corrected chi connectivity index (χ4v) is 6.08. The molecule has 174 valence electrons. The number of carbonyl (C=O) groups excluding carboxylic acids is 2. The highest BCUT2D eigenvalue weighted by atomic mass is 32.2. The van der Waals surface area contributed by atoms with Gasteiger partial charge in [-0.25, -0.2) is 13.4 Å². The molecule has 34 heavy (non-hydrogen) atoms. The van der Waals surface area contributed by atoms with Gasteiger partial charge in [0.05, 0.1) is 20.7 Å². The first kappa shape index (κ1) is 23.7. The number of nitrogens with zero attached hydrogens (tertiary/aromatic N) is 2. The summed E-state index contributed by atoms with van der Waals surface area (Å²) < 4.78 is 27.7. The van der Waals surface area contributed by atoms with E-state index < -0.39 is 15.9 Å². The Morgan fingerprint density at radius 1 is 0.912 bits per heavy atom. The predicted octanol–water partition coefficient (Wildman–Crippen LogP) is 4.81. The number of ketones is 1. The molecule has 1 aromatic heterocycles. The van der Waals surface area contributed by atoms with Crippen LogP contribution in [-0.4, -0.2) is 42.5 Å². The SMILES string of the molecule is CCN(CC)S(=O)(=O)c1ccc2nc(NC(=O)c3ccccc3C(=O)c3ccccc3)sc2c1. The van der Waals surface area contributed by atoms with Gasteiger partial charge in [-0.2, -0.15) is 4.31 Å². The molecule has 1 heterocycles. The first-order valence-corrected chi connectivity index (χ1v) is 13.0. The molecule has 0 saturated carbocycles. The van der Waals surface area contributed by atoms with E-state index in [0.717, 1.165) is 0 Å². The maximum Gasteiger partial charge on any atom is 0.258 e. The van der Waals surface area contributed by atoms with Crippen molar-refractivity contribution in [3.63, 3.8) is 0 Å². The van der Waals surface area contributed by atoms with Crippen LogP contribution in [0.15, 0.2) is 77.7 Å². The van der Waals surface area contributed by atoms with Gasteiger partial charge in [0.15, 0.2) is 10.9 Å². The summed E-state index contributed by atoms with van der Waals surface area (Å²) in [6.45, 7) is 4.34. The van der Waals surface area contributed by atoms with Gasteiger partial charge in [-0.05, 0) is 24.3 Å². The average Bonchev–Trinajstić information content (AvgIpc) is 3.26. The number of hydrogen-bond acceptors (Lipinski definition) is 6. The smallest absolute Gasteiger partial charge is 0.258 e. The van der Waals surface area contributed by atoms with E-state index in [4.69, 9.17) is 0 Å². The van der Waals surface area contributed by atoms with Crippen LogP contribution in [0.25, 0.3) is 10.2 Å². The molecule has 0 fully saturated rings. The van der Waals surface area contributed by atoms with Gasteiger partial charge >= 0.3 is 0 Å². The van der Waals surface area contributed by atoms with Gasteiger partial charge in [-0.3, -0.25) is 14.9 Å². The van der Waals surface area contributed by atoms with E-state index in [0.29, 0.717) is 39.6 Å². The first-order valence-electron chi connectivity index (χ1n) is 10.8. The number of rotatable bonds is 8. The summed E-state index contributed by atoms with van der Waals surface area (Å²) in [7, 11) is -3.60. The molecule has 1 amide bonds. The lowest BCUT2D eigenvalue weighted by atomic mass is 9.98. The molecular weight excluding hydrogens is 470 g/mol. The van der Waals surface area contributed by atoms with Gasteiger partial charge in [-0.1, -0.05) is 73.7 Å². The molecule has 0 aliphatic carbocycles. The molecule has 0 aliphatic rings. The summed E-state index contributed by atoms with van der Waals surface area (Å²) in [4.78, 5) is 30.6. The maximum atomic E-state index is 13.0. The molecule has 9 heteroatoms. The molecular formula is C25H23N3O4S2. The second kappa shape index (κ2) is 9.84. The third kappa shape index (κ3) is 4.63. The Hall–Kier alpha value is -3.40. The van der Waals surface area contributed by atoms with Crippen molar-refractivity contribution in [1.82, 2.24) is 9.29 Å². The number of hydrogen-bond donors (Lipinski definition) is 1. The summed E-state index contributed by atoms with van der Waals surface area (Å²) in [6, 6.07) is 20.1. The zero-order valence-corrected chi connectivity index (χ0v) is 20.3. The van der Waals surface area contributed by atoms with Crippen molar-refractivity contribution in [2.45, 2.75) is 18.7 Å². The van der Waals surface area contributed by atoms with E-state index in [-0.39, 0.29) is 16.2 Å². The number of anilines is 1. The van der Waals surface area contributed by atoms with E-state index in [2.05, 4.69) is 10.3 Å². The van der Waals surface area contributed by atoms with Crippen LogP contribution < -0.4 is 5.32 Å². The minimum atomic E-state index is -3.60. The third-order valence-corrected chi connectivity index (χ3v) is 8.36. The number of benzene rings is 3. The number of carbonyl (C=O) groups is 2. The highest BCUT2D eigenvalue weighted by molar-refractivity contribution is 7.89. The fourth-order valence-electron chi connectivity index (χ4n) is 3.62. The molecule has 0 unspecified atom stereocenters. The monoisotopic (exact) mass is 493 g/mol. The molecule has 3 aromatic carbocycles. The Bertz CT molecular complexity index is 1460. The predicted molar refractivity (Wildman–Crippen MR) is 134 cm³/mol. The molecule has 7 nitrogen and oxygen atoms in total. The van der Waals surface area contributed by atoms with Crippen LogP contribution in [0.5, 0.6) is 0 Å². The zero-order chi connectivity index (χ0) is 24.3. The largest absolute Gasteiger partial charge is 0.298 e. The fraction of sp³-hybridized carbons (Fsp3) is 0.160. The average molecular weight is 494 g/mol. The second-order valence-electron chi connectivity index (χ2n) is 7.43. The Labute approximate surface area is 202 Å². The highest BCUT2D eigenvalue weighted by Crippen LogP contribution is 2.30. The lowest BCUT2D eigenvalue weighted by Crippen LogP contribution is -2.30. The van der Waals surface area contributed by atoms with Crippen molar-refractivity contribution < 1.29 is 18.0 Å². The van der Waals surface area contributed by atoms with E-state index in [1.54, 1.807) is 74.5 Å². The summed E-state index contributed by atoms with van der Waals surface area (Å²) >= 11 is 1.18. The van der Waals surface area contributed by atoms with Crippen LogP contribution >= 0.6 is 11.3 Å².